The molecule has 0 bridgehead atoms. The lowest BCUT2D eigenvalue weighted by Gasteiger charge is -2.34. The normalized spacial score (nSPS) is 12.5. The van der Waals surface area contributed by atoms with Gasteiger partial charge in [-0.05, 0) is 76.9 Å². The first-order valence-corrected chi connectivity index (χ1v) is 14.5. The van der Waals surface area contributed by atoms with Crippen LogP contribution in [0.5, 0.6) is 0 Å². The Hall–Kier alpha value is -3.36. The molecule has 0 heterocycles. The van der Waals surface area contributed by atoms with Gasteiger partial charge < -0.3 is 10.2 Å². The van der Waals surface area contributed by atoms with Crippen molar-refractivity contribution in [2.24, 2.45) is 0 Å². The van der Waals surface area contributed by atoms with E-state index in [0.717, 1.165) is 15.4 Å². The molecule has 0 aliphatic heterocycles. The van der Waals surface area contributed by atoms with Gasteiger partial charge in [0.2, 0.25) is 11.8 Å². The first-order chi connectivity index (χ1) is 18.2. The zero-order valence-electron chi connectivity index (χ0n) is 23.2. The maximum absolute atomic E-state index is 14.0. The Balaban J connectivity index is 2.07. The third-order valence-electron chi connectivity index (χ3n) is 6.22. The molecule has 0 unspecified atom stereocenters. The average molecular weight is 570 g/mol. The van der Waals surface area contributed by atoms with Crippen LogP contribution in [0, 0.1) is 13.8 Å². The molecule has 39 heavy (non-hydrogen) atoms. The second kappa shape index (κ2) is 12.2. The van der Waals surface area contributed by atoms with E-state index in [1.807, 2.05) is 52.0 Å². The van der Waals surface area contributed by atoms with E-state index in [-0.39, 0.29) is 17.3 Å². The van der Waals surface area contributed by atoms with E-state index < -0.39 is 34.1 Å². The monoisotopic (exact) mass is 569 g/mol. The number of nitrogens with one attached hydrogen (secondary N) is 1. The summed E-state index contributed by atoms with van der Waals surface area (Å²) in [6.07, 6.45) is 0. The number of hydrogen-bond donors (Lipinski definition) is 1. The lowest BCUT2D eigenvalue weighted by atomic mass is 10.1. The van der Waals surface area contributed by atoms with Crippen molar-refractivity contribution in [1.82, 2.24) is 10.2 Å². The Kier molecular flexibility index (Phi) is 9.46. The fraction of sp³-hybridized carbons (Fsp3) is 0.333. The van der Waals surface area contributed by atoms with Gasteiger partial charge in [-0.25, -0.2) is 8.42 Å². The molecule has 3 aromatic rings. The van der Waals surface area contributed by atoms with Gasteiger partial charge in [-0.2, -0.15) is 0 Å². The predicted molar refractivity (Wildman–Crippen MR) is 156 cm³/mol. The molecule has 0 aliphatic carbocycles. The van der Waals surface area contributed by atoms with Gasteiger partial charge in [-0.1, -0.05) is 65.7 Å². The zero-order chi connectivity index (χ0) is 29.0. The van der Waals surface area contributed by atoms with Crippen LogP contribution in [-0.4, -0.2) is 43.3 Å². The number of aryl methyl sites for hydroxylation is 1. The summed E-state index contributed by atoms with van der Waals surface area (Å²) < 4.78 is 28.8. The van der Waals surface area contributed by atoms with Gasteiger partial charge in [0.25, 0.3) is 10.0 Å². The maximum atomic E-state index is 14.0. The number of rotatable bonds is 9. The van der Waals surface area contributed by atoms with Crippen molar-refractivity contribution in [2.75, 3.05) is 10.8 Å². The van der Waals surface area contributed by atoms with Crippen LogP contribution in [0.1, 0.15) is 44.4 Å². The molecule has 0 fully saturated rings. The summed E-state index contributed by atoms with van der Waals surface area (Å²) in [5, 5.41) is 3.30. The molecule has 3 aromatic carbocycles. The Morgan fingerprint density at radius 3 is 2.21 bits per heavy atom. The standard InChI is InChI=1S/C30H36ClN3O4S/c1-21-12-10-13-24(18-21)19-33(23(3)29(36)32-30(4,5)6)28(35)20-34(27-17-11-16-26(31)22(27)2)39(37,38)25-14-8-7-9-15-25/h7-18,23H,19-20H2,1-6H3,(H,32,36)/t23-/m1/s1. The van der Waals surface area contributed by atoms with Gasteiger partial charge in [0.1, 0.15) is 12.6 Å². The molecular weight excluding hydrogens is 534 g/mol. The van der Waals surface area contributed by atoms with Crippen molar-refractivity contribution in [1.29, 1.82) is 0 Å². The average Bonchev–Trinajstić information content (AvgIpc) is 2.86. The molecule has 0 saturated carbocycles. The molecular formula is C30H36ClN3O4S. The molecule has 9 heteroatoms. The molecule has 0 aromatic heterocycles. The van der Waals surface area contributed by atoms with Crippen molar-refractivity contribution in [3.8, 4) is 0 Å². The lowest BCUT2D eigenvalue weighted by Crippen LogP contribution is -2.54. The SMILES string of the molecule is Cc1cccc(CN(C(=O)CN(c2cccc(Cl)c2C)S(=O)(=O)c2ccccc2)[C@H](C)C(=O)NC(C)(C)C)c1. The van der Waals surface area contributed by atoms with E-state index in [9.17, 15) is 18.0 Å². The van der Waals surface area contributed by atoms with Crippen molar-refractivity contribution in [2.45, 2.75) is 64.6 Å². The van der Waals surface area contributed by atoms with E-state index >= 15 is 0 Å². The smallest absolute Gasteiger partial charge is 0.264 e. The van der Waals surface area contributed by atoms with Crippen molar-refractivity contribution >= 4 is 39.1 Å². The molecule has 0 spiro atoms. The van der Waals surface area contributed by atoms with Crippen molar-refractivity contribution < 1.29 is 18.0 Å². The van der Waals surface area contributed by atoms with Gasteiger partial charge in [0, 0.05) is 17.1 Å². The van der Waals surface area contributed by atoms with E-state index in [4.69, 9.17) is 11.6 Å². The number of sulfonamides is 1. The number of carbonyl (C=O) groups excluding carboxylic acids is 2. The molecule has 0 aliphatic rings. The highest BCUT2D eigenvalue weighted by molar-refractivity contribution is 7.92. The van der Waals surface area contributed by atoms with Crippen molar-refractivity contribution in [3.63, 3.8) is 0 Å². The summed E-state index contributed by atoms with van der Waals surface area (Å²) in [5.41, 5.74) is 2.14. The number of carbonyl (C=O) groups is 2. The quantitative estimate of drug-likeness (QED) is 0.369. The van der Waals surface area contributed by atoms with E-state index in [1.54, 1.807) is 50.2 Å². The Labute approximate surface area is 236 Å². The molecule has 1 atom stereocenters. The van der Waals surface area contributed by atoms with Crippen LogP contribution in [0.4, 0.5) is 5.69 Å². The molecule has 0 saturated heterocycles. The van der Waals surface area contributed by atoms with Crippen LogP contribution < -0.4 is 9.62 Å². The summed E-state index contributed by atoms with van der Waals surface area (Å²) in [7, 11) is -4.15. The number of hydrogen-bond acceptors (Lipinski definition) is 4. The minimum atomic E-state index is -4.15. The summed E-state index contributed by atoms with van der Waals surface area (Å²) in [5.74, 6) is -0.855. The van der Waals surface area contributed by atoms with Gasteiger partial charge in [0.15, 0.2) is 0 Å². The number of nitrogens with zero attached hydrogens (tertiary/aromatic N) is 2. The van der Waals surface area contributed by atoms with Crippen LogP contribution in [-0.2, 0) is 26.2 Å². The number of anilines is 1. The first kappa shape index (κ1) is 30.2. The maximum Gasteiger partial charge on any atom is 0.264 e. The molecule has 2 amide bonds. The van der Waals surface area contributed by atoms with Crippen LogP contribution >= 0.6 is 11.6 Å². The zero-order valence-corrected chi connectivity index (χ0v) is 24.8. The number of amides is 2. The third-order valence-corrected chi connectivity index (χ3v) is 8.40. The Morgan fingerprint density at radius 1 is 0.949 bits per heavy atom. The third kappa shape index (κ3) is 7.61. The second-order valence-electron chi connectivity index (χ2n) is 10.6. The summed E-state index contributed by atoms with van der Waals surface area (Å²) in [6, 6.07) is 19.7. The fourth-order valence-corrected chi connectivity index (χ4v) is 5.83. The molecule has 7 nitrogen and oxygen atoms in total. The van der Waals surface area contributed by atoms with E-state index in [0.29, 0.717) is 16.3 Å². The van der Waals surface area contributed by atoms with Crippen LogP contribution in [0.25, 0.3) is 0 Å². The molecule has 0 radical (unpaired) electrons. The van der Waals surface area contributed by atoms with Gasteiger partial charge in [0.05, 0.1) is 10.6 Å². The van der Waals surface area contributed by atoms with Gasteiger partial charge >= 0.3 is 0 Å². The lowest BCUT2D eigenvalue weighted by molar-refractivity contribution is -0.140. The van der Waals surface area contributed by atoms with Gasteiger partial charge in [-0.15, -0.1) is 0 Å². The molecule has 3 rings (SSSR count). The van der Waals surface area contributed by atoms with Crippen LogP contribution in [0.2, 0.25) is 5.02 Å². The Bertz CT molecular complexity index is 1440. The highest BCUT2D eigenvalue weighted by atomic mass is 35.5. The Morgan fingerprint density at radius 2 is 1.59 bits per heavy atom. The molecule has 1 N–H and O–H groups in total. The molecule has 208 valence electrons. The predicted octanol–water partition coefficient (Wildman–Crippen LogP) is 5.48. The van der Waals surface area contributed by atoms with Crippen molar-refractivity contribution in [3.05, 3.63) is 94.5 Å². The van der Waals surface area contributed by atoms with Gasteiger partial charge in [-0.3, -0.25) is 13.9 Å². The number of halogens is 1. The minimum Gasteiger partial charge on any atom is -0.350 e. The summed E-state index contributed by atoms with van der Waals surface area (Å²) in [6.45, 7) is 10.5. The highest BCUT2D eigenvalue weighted by Gasteiger charge is 2.34. The van der Waals surface area contributed by atoms with Crippen LogP contribution in [0.3, 0.4) is 0 Å². The van der Waals surface area contributed by atoms with E-state index in [1.165, 1.54) is 17.0 Å². The topological polar surface area (TPSA) is 86.8 Å². The fourth-order valence-electron chi connectivity index (χ4n) is 4.16. The number of benzene rings is 3. The van der Waals surface area contributed by atoms with E-state index in [2.05, 4.69) is 5.32 Å². The first-order valence-electron chi connectivity index (χ1n) is 12.7. The largest absolute Gasteiger partial charge is 0.350 e. The summed E-state index contributed by atoms with van der Waals surface area (Å²) in [4.78, 5) is 28.7. The van der Waals surface area contributed by atoms with Crippen LogP contribution in [0.15, 0.2) is 77.7 Å². The summed E-state index contributed by atoms with van der Waals surface area (Å²) >= 11 is 6.36. The minimum absolute atomic E-state index is 0.0425. The highest BCUT2D eigenvalue weighted by Crippen LogP contribution is 2.31. The second-order valence-corrected chi connectivity index (χ2v) is 12.9.